The van der Waals surface area contributed by atoms with Crippen molar-refractivity contribution < 1.29 is 18.8 Å². The lowest BCUT2D eigenvalue weighted by molar-refractivity contribution is -0.115. The van der Waals surface area contributed by atoms with Crippen LogP contribution in [0.1, 0.15) is 29.1 Å². The molecule has 2 aromatic heterocycles. The van der Waals surface area contributed by atoms with E-state index in [0.717, 1.165) is 0 Å². The van der Waals surface area contributed by atoms with Crippen molar-refractivity contribution in [1.82, 2.24) is 20.2 Å². The fraction of sp³-hybridized carbons (Fsp3) is 0.353. The Bertz CT molecular complexity index is 836. The van der Waals surface area contributed by atoms with Crippen LogP contribution in [0.5, 0.6) is 0 Å². The largest absolute Gasteiger partial charge is 0.467 e. The first-order chi connectivity index (χ1) is 12.7. The SMILES string of the molecule is O=C(NCc1ccco1)C1=NO[C@@]2(CCN(C(=O)c3cnccn3)C2)C1. The van der Waals surface area contributed by atoms with Gasteiger partial charge in [0.1, 0.15) is 17.2 Å². The van der Waals surface area contributed by atoms with Crippen LogP contribution in [0, 0.1) is 0 Å². The first kappa shape index (κ1) is 16.2. The summed E-state index contributed by atoms with van der Waals surface area (Å²) in [5, 5.41) is 6.70. The highest BCUT2D eigenvalue weighted by Crippen LogP contribution is 2.34. The number of hydrogen-bond donors (Lipinski definition) is 1. The minimum atomic E-state index is -0.644. The highest BCUT2D eigenvalue weighted by molar-refractivity contribution is 6.39. The molecule has 1 spiro atoms. The molecule has 9 nitrogen and oxygen atoms in total. The molecule has 0 radical (unpaired) electrons. The van der Waals surface area contributed by atoms with Crippen molar-refractivity contribution in [1.29, 1.82) is 0 Å². The van der Waals surface area contributed by atoms with Gasteiger partial charge in [-0.05, 0) is 12.1 Å². The summed E-state index contributed by atoms with van der Waals surface area (Å²) < 4.78 is 5.18. The molecule has 2 aromatic rings. The molecular formula is C17H17N5O4. The highest BCUT2D eigenvalue weighted by Gasteiger charge is 2.48. The molecular weight excluding hydrogens is 338 g/mol. The Morgan fingerprint density at radius 2 is 2.27 bits per heavy atom. The Labute approximate surface area is 149 Å². The Morgan fingerprint density at radius 3 is 3.04 bits per heavy atom. The van der Waals surface area contributed by atoms with Gasteiger partial charge in [-0.1, -0.05) is 5.16 Å². The highest BCUT2D eigenvalue weighted by atomic mass is 16.7. The van der Waals surface area contributed by atoms with Crippen molar-refractivity contribution in [3.05, 3.63) is 48.4 Å². The van der Waals surface area contributed by atoms with E-state index >= 15 is 0 Å². The first-order valence-electron chi connectivity index (χ1n) is 8.26. The minimum Gasteiger partial charge on any atom is -0.467 e. The molecule has 0 aromatic carbocycles. The summed E-state index contributed by atoms with van der Waals surface area (Å²) >= 11 is 0. The van der Waals surface area contributed by atoms with Gasteiger partial charge in [0, 0.05) is 31.8 Å². The molecule has 0 unspecified atom stereocenters. The zero-order valence-corrected chi connectivity index (χ0v) is 13.9. The van der Waals surface area contributed by atoms with Gasteiger partial charge in [0.25, 0.3) is 11.8 Å². The summed E-state index contributed by atoms with van der Waals surface area (Å²) in [5.74, 6) is 0.167. The predicted molar refractivity (Wildman–Crippen MR) is 89.0 cm³/mol. The molecule has 0 saturated carbocycles. The van der Waals surface area contributed by atoms with E-state index in [1.807, 2.05) is 0 Å². The summed E-state index contributed by atoms with van der Waals surface area (Å²) in [6, 6.07) is 3.54. The van der Waals surface area contributed by atoms with Gasteiger partial charge in [-0.2, -0.15) is 0 Å². The average molecular weight is 355 g/mol. The van der Waals surface area contributed by atoms with Gasteiger partial charge in [-0.3, -0.25) is 14.6 Å². The standard InChI is InChI=1S/C17H17N5O4/c23-15(20-9-12-2-1-7-25-12)13-8-17(26-21-13)3-6-22(11-17)16(24)14-10-18-4-5-19-14/h1-2,4-5,7,10H,3,6,8-9,11H2,(H,20,23)/t17-/m0/s1. The van der Waals surface area contributed by atoms with Crippen LogP contribution in [0.4, 0.5) is 0 Å². The number of nitrogens with zero attached hydrogens (tertiary/aromatic N) is 4. The number of carbonyl (C=O) groups excluding carboxylic acids is 2. The maximum Gasteiger partial charge on any atom is 0.274 e. The number of hydrogen-bond acceptors (Lipinski definition) is 7. The summed E-state index contributed by atoms with van der Waals surface area (Å²) in [7, 11) is 0. The average Bonchev–Trinajstić information content (AvgIpc) is 3.42. The second kappa shape index (κ2) is 6.58. The van der Waals surface area contributed by atoms with Crippen LogP contribution >= 0.6 is 0 Å². The van der Waals surface area contributed by atoms with Crippen LogP contribution in [0.3, 0.4) is 0 Å². The van der Waals surface area contributed by atoms with Gasteiger partial charge in [-0.25, -0.2) is 4.98 Å². The summed E-state index contributed by atoms with van der Waals surface area (Å²) in [5.41, 5.74) is -0.0277. The first-order valence-corrected chi connectivity index (χ1v) is 8.26. The number of amides is 2. The van der Waals surface area contributed by atoms with Crippen LogP contribution in [0.2, 0.25) is 0 Å². The molecule has 2 aliphatic heterocycles. The number of carbonyl (C=O) groups is 2. The third-order valence-corrected chi connectivity index (χ3v) is 4.49. The van der Waals surface area contributed by atoms with Gasteiger partial charge in [0.15, 0.2) is 5.60 Å². The van der Waals surface area contributed by atoms with Gasteiger partial charge in [0.2, 0.25) is 0 Å². The number of nitrogens with one attached hydrogen (secondary N) is 1. The van der Waals surface area contributed by atoms with Crippen LogP contribution < -0.4 is 5.32 Å². The number of oxime groups is 1. The topological polar surface area (TPSA) is 110 Å². The molecule has 9 heteroatoms. The maximum atomic E-state index is 12.5. The van der Waals surface area contributed by atoms with E-state index in [0.29, 0.717) is 43.1 Å². The molecule has 26 heavy (non-hydrogen) atoms. The van der Waals surface area contributed by atoms with Crippen molar-refractivity contribution in [2.24, 2.45) is 5.16 Å². The van der Waals surface area contributed by atoms with E-state index < -0.39 is 5.60 Å². The molecule has 134 valence electrons. The van der Waals surface area contributed by atoms with E-state index in [-0.39, 0.29) is 18.4 Å². The second-order valence-corrected chi connectivity index (χ2v) is 6.32. The van der Waals surface area contributed by atoms with Crippen LogP contribution in [0.15, 0.2) is 46.6 Å². The molecule has 2 amide bonds. The minimum absolute atomic E-state index is 0.200. The van der Waals surface area contributed by atoms with Crippen molar-refractivity contribution in [2.75, 3.05) is 13.1 Å². The summed E-state index contributed by atoms with van der Waals surface area (Å²) in [6.45, 7) is 1.17. The van der Waals surface area contributed by atoms with E-state index in [9.17, 15) is 9.59 Å². The van der Waals surface area contributed by atoms with Gasteiger partial charge < -0.3 is 19.5 Å². The van der Waals surface area contributed by atoms with Crippen LogP contribution in [-0.4, -0.2) is 51.1 Å². The Morgan fingerprint density at radius 1 is 1.35 bits per heavy atom. The fourth-order valence-corrected chi connectivity index (χ4v) is 3.13. The van der Waals surface area contributed by atoms with E-state index in [2.05, 4.69) is 20.4 Å². The lowest BCUT2D eigenvalue weighted by atomic mass is 9.96. The van der Waals surface area contributed by atoms with Gasteiger partial charge in [0.05, 0.1) is 25.5 Å². The quantitative estimate of drug-likeness (QED) is 0.866. The van der Waals surface area contributed by atoms with Crippen molar-refractivity contribution in [3.8, 4) is 0 Å². The zero-order valence-electron chi connectivity index (χ0n) is 13.9. The summed E-state index contributed by atoms with van der Waals surface area (Å²) in [6.07, 6.45) is 6.96. The molecule has 0 aliphatic carbocycles. The van der Waals surface area contributed by atoms with Crippen molar-refractivity contribution >= 4 is 17.5 Å². The normalized spacial score (nSPS) is 21.5. The molecule has 4 heterocycles. The molecule has 1 N–H and O–H groups in total. The molecule has 1 saturated heterocycles. The van der Waals surface area contributed by atoms with Crippen LogP contribution in [0.25, 0.3) is 0 Å². The smallest absolute Gasteiger partial charge is 0.274 e. The predicted octanol–water partition coefficient (Wildman–Crippen LogP) is 0.747. The third kappa shape index (κ3) is 3.15. The van der Waals surface area contributed by atoms with E-state index in [1.54, 1.807) is 23.3 Å². The third-order valence-electron chi connectivity index (χ3n) is 4.49. The van der Waals surface area contributed by atoms with Gasteiger partial charge in [-0.15, -0.1) is 0 Å². The monoisotopic (exact) mass is 355 g/mol. The Balaban J connectivity index is 1.34. The fourth-order valence-electron chi connectivity index (χ4n) is 3.13. The lowest BCUT2D eigenvalue weighted by Crippen LogP contribution is -2.38. The zero-order chi connectivity index (χ0) is 18.0. The van der Waals surface area contributed by atoms with Crippen molar-refractivity contribution in [3.63, 3.8) is 0 Å². The summed E-state index contributed by atoms with van der Waals surface area (Å²) in [4.78, 5) is 39.9. The molecule has 0 bridgehead atoms. The molecule has 4 rings (SSSR count). The number of rotatable bonds is 4. The lowest BCUT2D eigenvalue weighted by Gasteiger charge is -2.21. The number of aromatic nitrogens is 2. The second-order valence-electron chi connectivity index (χ2n) is 6.32. The Hall–Kier alpha value is -3.23. The van der Waals surface area contributed by atoms with E-state index in [4.69, 9.17) is 9.25 Å². The Kier molecular flexibility index (Phi) is 4.11. The van der Waals surface area contributed by atoms with E-state index in [1.165, 1.54) is 18.6 Å². The number of likely N-dealkylation sites (tertiary alicyclic amines) is 1. The van der Waals surface area contributed by atoms with Gasteiger partial charge >= 0.3 is 0 Å². The maximum absolute atomic E-state index is 12.5. The molecule has 1 atom stereocenters. The molecule has 1 fully saturated rings. The number of furan rings is 1. The van der Waals surface area contributed by atoms with Crippen LogP contribution in [-0.2, 0) is 16.2 Å². The molecule has 2 aliphatic rings. The van der Waals surface area contributed by atoms with Crippen molar-refractivity contribution in [2.45, 2.75) is 25.0 Å².